The van der Waals surface area contributed by atoms with E-state index < -0.39 is 11.4 Å². The van der Waals surface area contributed by atoms with Crippen LogP contribution in [-0.2, 0) is 12.0 Å². The van der Waals surface area contributed by atoms with Crippen LogP contribution in [0, 0.1) is 5.82 Å². The molecule has 0 radical (unpaired) electrons. The first-order chi connectivity index (χ1) is 9.57. The van der Waals surface area contributed by atoms with Crippen molar-refractivity contribution in [3.8, 4) is 0 Å². The van der Waals surface area contributed by atoms with Gasteiger partial charge < -0.3 is 5.11 Å². The topological polar surface area (TPSA) is 20.2 Å². The molecule has 0 fully saturated rings. The maximum absolute atomic E-state index is 13.5. The summed E-state index contributed by atoms with van der Waals surface area (Å²) in [4.78, 5) is 0. The van der Waals surface area contributed by atoms with Gasteiger partial charge >= 0.3 is 0 Å². The van der Waals surface area contributed by atoms with Crippen molar-refractivity contribution in [1.29, 1.82) is 0 Å². The third kappa shape index (κ3) is 3.20. The van der Waals surface area contributed by atoms with E-state index in [0.717, 1.165) is 12.0 Å². The van der Waals surface area contributed by atoms with Crippen LogP contribution in [0.5, 0.6) is 0 Å². The SMILES string of the molecule is CCCC(O)(Cc1cccc(F)c1Cl)c1ccccc1. The highest BCUT2D eigenvalue weighted by molar-refractivity contribution is 6.31. The van der Waals surface area contributed by atoms with Gasteiger partial charge in [-0.1, -0.05) is 67.4 Å². The Labute approximate surface area is 124 Å². The lowest BCUT2D eigenvalue weighted by Crippen LogP contribution is -2.28. The standard InChI is InChI=1S/C17H18ClFO/c1-2-11-17(20,14-8-4-3-5-9-14)12-13-7-6-10-15(19)16(13)18/h3-10,20H,2,11-12H2,1H3. The van der Waals surface area contributed by atoms with E-state index in [2.05, 4.69) is 0 Å². The Morgan fingerprint density at radius 3 is 2.45 bits per heavy atom. The van der Waals surface area contributed by atoms with Crippen molar-refractivity contribution in [2.75, 3.05) is 0 Å². The predicted octanol–water partition coefficient (Wildman–Crippen LogP) is 4.71. The van der Waals surface area contributed by atoms with Gasteiger partial charge in [-0.25, -0.2) is 4.39 Å². The van der Waals surface area contributed by atoms with Crippen LogP contribution in [0.15, 0.2) is 48.5 Å². The Kier molecular flexibility index (Phi) is 4.79. The van der Waals surface area contributed by atoms with Gasteiger partial charge in [-0.2, -0.15) is 0 Å². The van der Waals surface area contributed by atoms with Crippen LogP contribution in [-0.4, -0.2) is 5.11 Å². The number of benzene rings is 2. The molecule has 3 heteroatoms. The summed E-state index contributed by atoms with van der Waals surface area (Å²) >= 11 is 6.00. The Hall–Kier alpha value is -1.38. The first kappa shape index (κ1) is 15.0. The van der Waals surface area contributed by atoms with Gasteiger partial charge in [-0.05, 0) is 23.6 Å². The first-order valence-corrected chi connectivity index (χ1v) is 7.15. The summed E-state index contributed by atoms with van der Waals surface area (Å²) in [7, 11) is 0. The number of rotatable bonds is 5. The summed E-state index contributed by atoms with van der Waals surface area (Å²) in [5, 5.41) is 11.1. The molecule has 0 saturated carbocycles. The van der Waals surface area contributed by atoms with E-state index in [1.807, 2.05) is 37.3 Å². The number of hydrogen-bond acceptors (Lipinski definition) is 1. The summed E-state index contributed by atoms with van der Waals surface area (Å²) in [5.41, 5.74) is 0.446. The molecule has 0 aliphatic heterocycles. The smallest absolute Gasteiger partial charge is 0.142 e. The maximum Gasteiger partial charge on any atom is 0.142 e. The van der Waals surface area contributed by atoms with Gasteiger partial charge in [0.2, 0.25) is 0 Å². The van der Waals surface area contributed by atoms with Crippen LogP contribution in [0.1, 0.15) is 30.9 Å². The second-order valence-corrected chi connectivity index (χ2v) is 5.42. The largest absolute Gasteiger partial charge is 0.385 e. The molecule has 0 bridgehead atoms. The fraction of sp³-hybridized carbons (Fsp3) is 0.294. The molecule has 0 spiro atoms. The molecule has 1 nitrogen and oxygen atoms in total. The molecule has 106 valence electrons. The molecule has 1 unspecified atom stereocenters. The Morgan fingerprint density at radius 2 is 1.80 bits per heavy atom. The van der Waals surface area contributed by atoms with Crippen molar-refractivity contribution in [3.63, 3.8) is 0 Å². The molecule has 0 heterocycles. The van der Waals surface area contributed by atoms with Crippen LogP contribution in [0.2, 0.25) is 5.02 Å². The van der Waals surface area contributed by atoms with E-state index in [9.17, 15) is 9.50 Å². The predicted molar refractivity (Wildman–Crippen MR) is 80.4 cm³/mol. The average molecular weight is 293 g/mol. The van der Waals surface area contributed by atoms with Gasteiger partial charge in [0.25, 0.3) is 0 Å². The van der Waals surface area contributed by atoms with Crippen molar-refractivity contribution in [3.05, 3.63) is 70.5 Å². The normalized spacial score (nSPS) is 14.0. The quantitative estimate of drug-likeness (QED) is 0.846. The third-order valence-electron chi connectivity index (χ3n) is 3.49. The molecular weight excluding hydrogens is 275 g/mol. The Morgan fingerprint density at radius 1 is 1.10 bits per heavy atom. The van der Waals surface area contributed by atoms with Gasteiger partial charge in [0, 0.05) is 6.42 Å². The van der Waals surface area contributed by atoms with Crippen molar-refractivity contribution >= 4 is 11.6 Å². The highest BCUT2D eigenvalue weighted by atomic mass is 35.5. The van der Waals surface area contributed by atoms with Gasteiger partial charge in [-0.15, -0.1) is 0 Å². The lowest BCUT2D eigenvalue weighted by atomic mass is 9.83. The average Bonchev–Trinajstić information content (AvgIpc) is 2.45. The van der Waals surface area contributed by atoms with E-state index in [4.69, 9.17) is 11.6 Å². The van der Waals surface area contributed by atoms with Gasteiger partial charge in [0.15, 0.2) is 0 Å². The molecule has 20 heavy (non-hydrogen) atoms. The fourth-order valence-corrected chi connectivity index (χ4v) is 2.69. The second-order valence-electron chi connectivity index (χ2n) is 5.04. The summed E-state index contributed by atoms with van der Waals surface area (Å²) in [5.74, 6) is -0.448. The molecule has 0 amide bonds. The summed E-state index contributed by atoms with van der Waals surface area (Å²) < 4.78 is 13.5. The molecule has 0 saturated heterocycles. The molecule has 0 aromatic heterocycles. The van der Waals surface area contributed by atoms with E-state index in [1.54, 1.807) is 12.1 Å². The van der Waals surface area contributed by atoms with Crippen molar-refractivity contribution < 1.29 is 9.50 Å². The monoisotopic (exact) mass is 292 g/mol. The molecule has 2 aromatic carbocycles. The van der Waals surface area contributed by atoms with E-state index >= 15 is 0 Å². The Bertz CT molecular complexity index is 570. The molecule has 1 N–H and O–H groups in total. The molecule has 1 atom stereocenters. The third-order valence-corrected chi connectivity index (χ3v) is 3.91. The van der Waals surface area contributed by atoms with Gasteiger partial charge in [0.1, 0.15) is 5.82 Å². The number of halogens is 2. The highest BCUT2D eigenvalue weighted by Crippen LogP contribution is 2.33. The molecule has 0 aliphatic rings. The molecular formula is C17H18ClFO. The van der Waals surface area contributed by atoms with Gasteiger partial charge in [0.05, 0.1) is 10.6 Å². The highest BCUT2D eigenvalue weighted by Gasteiger charge is 2.29. The Balaban J connectivity index is 2.37. The van der Waals surface area contributed by atoms with Crippen molar-refractivity contribution in [1.82, 2.24) is 0 Å². The van der Waals surface area contributed by atoms with E-state index in [0.29, 0.717) is 18.4 Å². The minimum absolute atomic E-state index is 0.0953. The van der Waals surface area contributed by atoms with Crippen LogP contribution in [0.25, 0.3) is 0 Å². The van der Waals surface area contributed by atoms with Crippen molar-refractivity contribution in [2.45, 2.75) is 31.8 Å². The van der Waals surface area contributed by atoms with Crippen LogP contribution in [0.3, 0.4) is 0 Å². The minimum atomic E-state index is -1.02. The van der Waals surface area contributed by atoms with Crippen LogP contribution >= 0.6 is 11.6 Å². The zero-order valence-electron chi connectivity index (χ0n) is 11.4. The summed E-state index contributed by atoms with van der Waals surface area (Å²) in [6.07, 6.45) is 1.74. The summed E-state index contributed by atoms with van der Waals surface area (Å²) in [6, 6.07) is 14.2. The van der Waals surface area contributed by atoms with Crippen LogP contribution < -0.4 is 0 Å². The zero-order valence-corrected chi connectivity index (χ0v) is 12.2. The molecule has 0 aliphatic carbocycles. The van der Waals surface area contributed by atoms with Gasteiger partial charge in [-0.3, -0.25) is 0 Å². The van der Waals surface area contributed by atoms with E-state index in [-0.39, 0.29) is 5.02 Å². The second kappa shape index (κ2) is 6.38. The molecule has 2 rings (SSSR count). The first-order valence-electron chi connectivity index (χ1n) is 6.77. The van der Waals surface area contributed by atoms with E-state index in [1.165, 1.54) is 6.07 Å². The van der Waals surface area contributed by atoms with Crippen molar-refractivity contribution in [2.24, 2.45) is 0 Å². The number of hydrogen-bond donors (Lipinski definition) is 1. The number of aliphatic hydroxyl groups is 1. The minimum Gasteiger partial charge on any atom is -0.385 e. The van der Waals surface area contributed by atoms with Crippen LogP contribution in [0.4, 0.5) is 4.39 Å². The lowest BCUT2D eigenvalue weighted by Gasteiger charge is -2.29. The maximum atomic E-state index is 13.5. The molecule has 2 aromatic rings. The fourth-order valence-electron chi connectivity index (χ4n) is 2.50. The zero-order chi connectivity index (χ0) is 14.6. The lowest BCUT2D eigenvalue weighted by molar-refractivity contribution is 0.0269. The summed E-state index contributed by atoms with van der Waals surface area (Å²) in [6.45, 7) is 2.01.